The molecule has 3 heteroatoms. The van der Waals surface area contributed by atoms with Crippen LogP contribution < -0.4 is 0 Å². The average Bonchev–Trinajstić information content (AvgIpc) is 2.38. The summed E-state index contributed by atoms with van der Waals surface area (Å²) in [5.41, 5.74) is 2.79. The number of alkyl halides is 1. The largest absolute Gasteiger partial charge is 0.198 e. The van der Waals surface area contributed by atoms with Crippen LogP contribution >= 0.6 is 15.9 Å². The van der Waals surface area contributed by atoms with Gasteiger partial charge in [-0.1, -0.05) is 34.1 Å². The number of nitriles is 2. The Morgan fingerprint density at radius 1 is 1.22 bits per heavy atom. The molecule has 1 rings (SSSR count). The maximum Gasteiger partial charge on any atom is 0.0766 e. The summed E-state index contributed by atoms with van der Waals surface area (Å²) >= 11 is 3.45. The van der Waals surface area contributed by atoms with Gasteiger partial charge in [0.1, 0.15) is 0 Å². The molecular weight excluding hydrogens is 288 g/mol. The second-order valence-corrected chi connectivity index (χ2v) is 5.70. The van der Waals surface area contributed by atoms with Gasteiger partial charge in [0.05, 0.1) is 17.6 Å². The number of nitrogens with zero attached hydrogens (tertiary/aromatic N) is 2. The van der Waals surface area contributed by atoms with Gasteiger partial charge in [0.25, 0.3) is 0 Å². The summed E-state index contributed by atoms with van der Waals surface area (Å²) < 4.78 is 0. The van der Waals surface area contributed by atoms with Crippen molar-refractivity contribution in [3.63, 3.8) is 0 Å². The zero-order valence-electron chi connectivity index (χ0n) is 11.0. The van der Waals surface area contributed by atoms with Gasteiger partial charge >= 0.3 is 0 Å². The number of hydrogen-bond donors (Lipinski definition) is 0. The zero-order valence-corrected chi connectivity index (χ0v) is 12.6. The standard InChI is InChI=1S/C15H17BrN2/c1-11(9-17)4-12-5-13(8-16)7-14(6-12)15(2,3)10-18/h5-7,11H,4,8H2,1-3H3. The monoisotopic (exact) mass is 304 g/mol. The first kappa shape index (κ1) is 14.7. The van der Waals surface area contributed by atoms with Gasteiger partial charge in [-0.25, -0.2) is 0 Å². The van der Waals surface area contributed by atoms with Gasteiger partial charge < -0.3 is 0 Å². The molecule has 0 aliphatic heterocycles. The minimum atomic E-state index is -0.497. The van der Waals surface area contributed by atoms with Crippen molar-refractivity contribution < 1.29 is 0 Å². The van der Waals surface area contributed by atoms with Crippen LogP contribution in [0.15, 0.2) is 18.2 Å². The van der Waals surface area contributed by atoms with Crippen LogP contribution in [0.5, 0.6) is 0 Å². The number of hydrogen-bond acceptors (Lipinski definition) is 2. The third-order valence-electron chi connectivity index (χ3n) is 2.97. The Morgan fingerprint density at radius 2 is 1.83 bits per heavy atom. The van der Waals surface area contributed by atoms with Crippen LogP contribution in [0.4, 0.5) is 0 Å². The van der Waals surface area contributed by atoms with Crippen molar-refractivity contribution in [2.24, 2.45) is 5.92 Å². The summed E-state index contributed by atoms with van der Waals surface area (Å²) in [7, 11) is 0. The van der Waals surface area contributed by atoms with Gasteiger partial charge in [0.15, 0.2) is 0 Å². The molecule has 94 valence electrons. The van der Waals surface area contributed by atoms with E-state index >= 15 is 0 Å². The van der Waals surface area contributed by atoms with E-state index in [0.717, 1.165) is 28.4 Å². The van der Waals surface area contributed by atoms with Crippen LogP contribution in [0.1, 0.15) is 37.5 Å². The van der Waals surface area contributed by atoms with E-state index in [-0.39, 0.29) is 5.92 Å². The highest BCUT2D eigenvalue weighted by Gasteiger charge is 2.21. The van der Waals surface area contributed by atoms with Crippen LogP contribution in [0.25, 0.3) is 0 Å². The molecule has 18 heavy (non-hydrogen) atoms. The first-order chi connectivity index (χ1) is 8.42. The van der Waals surface area contributed by atoms with E-state index in [1.165, 1.54) is 0 Å². The third kappa shape index (κ3) is 3.59. The van der Waals surface area contributed by atoms with E-state index in [2.05, 4.69) is 40.2 Å². The van der Waals surface area contributed by atoms with E-state index in [1.807, 2.05) is 26.8 Å². The van der Waals surface area contributed by atoms with Crippen LogP contribution in [0.2, 0.25) is 0 Å². The topological polar surface area (TPSA) is 47.6 Å². The molecule has 1 aromatic carbocycles. The SMILES string of the molecule is CC(C#N)Cc1cc(CBr)cc(C(C)(C)C#N)c1. The molecule has 1 atom stereocenters. The van der Waals surface area contributed by atoms with Crippen LogP contribution in [-0.4, -0.2) is 0 Å². The lowest BCUT2D eigenvalue weighted by atomic mass is 9.83. The molecule has 0 N–H and O–H groups in total. The molecule has 0 spiro atoms. The van der Waals surface area contributed by atoms with Gasteiger partial charge in [0.2, 0.25) is 0 Å². The van der Waals surface area contributed by atoms with Crippen molar-refractivity contribution in [3.05, 3.63) is 34.9 Å². The van der Waals surface area contributed by atoms with Crippen molar-refractivity contribution in [3.8, 4) is 12.1 Å². The second kappa shape index (κ2) is 6.03. The summed E-state index contributed by atoms with van der Waals surface area (Å²) in [5, 5.41) is 18.9. The Balaban J connectivity index is 3.19. The summed E-state index contributed by atoms with van der Waals surface area (Å²) in [6.07, 6.45) is 0.728. The van der Waals surface area contributed by atoms with Gasteiger partial charge in [-0.2, -0.15) is 10.5 Å². The maximum atomic E-state index is 9.22. The van der Waals surface area contributed by atoms with E-state index in [9.17, 15) is 5.26 Å². The van der Waals surface area contributed by atoms with E-state index in [0.29, 0.717) is 0 Å². The Morgan fingerprint density at radius 3 is 2.33 bits per heavy atom. The van der Waals surface area contributed by atoms with Crippen molar-refractivity contribution >= 4 is 15.9 Å². The van der Waals surface area contributed by atoms with Crippen molar-refractivity contribution in [2.75, 3.05) is 0 Å². The molecule has 2 nitrogen and oxygen atoms in total. The Labute approximate surface area is 117 Å². The predicted molar refractivity (Wildman–Crippen MR) is 76.2 cm³/mol. The van der Waals surface area contributed by atoms with Crippen LogP contribution in [0, 0.1) is 28.6 Å². The zero-order chi connectivity index (χ0) is 13.8. The highest BCUT2D eigenvalue weighted by atomic mass is 79.9. The average molecular weight is 305 g/mol. The fourth-order valence-corrected chi connectivity index (χ4v) is 2.11. The lowest BCUT2D eigenvalue weighted by Crippen LogP contribution is -2.15. The highest BCUT2D eigenvalue weighted by molar-refractivity contribution is 9.08. The van der Waals surface area contributed by atoms with Gasteiger partial charge in [-0.05, 0) is 43.9 Å². The molecule has 1 unspecified atom stereocenters. The van der Waals surface area contributed by atoms with E-state index < -0.39 is 5.41 Å². The van der Waals surface area contributed by atoms with Crippen LogP contribution in [-0.2, 0) is 17.2 Å². The molecule has 1 aromatic rings. The summed E-state index contributed by atoms with van der Waals surface area (Å²) in [6, 6.07) is 10.8. The normalized spacial score (nSPS) is 12.6. The van der Waals surface area contributed by atoms with Gasteiger partial charge in [0, 0.05) is 11.2 Å². The number of halogens is 1. The molecule has 0 saturated carbocycles. The number of rotatable bonds is 4. The Kier molecular flexibility index (Phi) is 4.93. The Hall–Kier alpha value is -1.32. The molecule has 0 bridgehead atoms. The molecule has 0 aliphatic carbocycles. The van der Waals surface area contributed by atoms with Crippen molar-refractivity contribution in [2.45, 2.75) is 37.9 Å². The highest BCUT2D eigenvalue weighted by Crippen LogP contribution is 2.26. The van der Waals surface area contributed by atoms with E-state index in [4.69, 9.17) is 5.26 Å². The molecule has 0 fully saturated rings. The van der Waals surface area contributed by atoms with Gasteiger partial charge in [-0.15, -0.1) is 0 Å². The first-order valence-corrected chi connectivity index (χ1v) is 7.05. The molecule has 0 heterocycles. The number of benzene rings is 1. The van der Waals surface area contributed by atoms with Crippen molar-refractivity contribution in [1.29, 1.82) is 10.5 Å². The third-order valence-corrected chi connectivity index (χ3v) is 3.62. The Bertz CT molecular complexity index is 506. The first-order valence-electron chi connectivity index (χ1n) is 5.93. The predicted octanol–water partition coefficient (Wildman–Crippen LogP) is 4.08. The fraction of sp³-hybridized carbons (Fsp3) is 0.467. The molecule has 0 aliphatic rings. The van der Waals surface area contributed by atoms with E-state index in [1.54, 1.807) is 0 Å². The van der Waals surface area contributed by atoms with Gasteiger partial charge in [-0.3, -0.25) is 0 Å². The summed E-state index contributed by atoms with van der Waals surface area (Å²) in [5.74, 6) is -0.00590. The summed E-state index contributed by atoms with van der Waals surface area (Å²) in [6.45, 7) is 5.74. The quantitative estimate of drug-likeness (QED) is 0.787. The lowest BCUT2D eigenvalue weighted by molar-refractivity contribution is 0.679. The smallest absolute Gasteiger partial charge is 0.0766 e. The molecule has 0 amide bonds. The molecule has 0 saturated heterocycles. The lowest BCUT2D eigenvalue weighted by Gasteiger charge is -2.18. The molecular formula is C15H17BrN2. The minimum absolute atomic E-state index is 0.00590. The second-order valence-electron chi connectivity index (χ2n) is 5.14. The van der Waals surface area contributed by atoms with Crippen LogP contribution in [0.3, 0.4) is 0 Å². The fourth-order valence-electron chi connectivity index (χ4n) is 1.78. The van der Waals surface area contributed by atoms with Crippen molar-refractivity contribution in [1.82, 2.24) is 0 Å². The maximum absolute atomic E-state index is 9.22. The molecule has 0 radical (unpaired) electrons. The molecule has 0 aromatic heterocycles. The minimum Gasteiger partial charge on any atom is -0.198 e. The summed E-state index contributed by atoms with van der Waals surface area (Å²) in [4.78, 5) is 0.